The second kappa shape index (κ2) is 5.38. The lowest BCUT2D eigenvalue weighted by atomic mass is 9.67. The predicted molar refractivity (Wildman–Crippen MR) is 81.2 cm³/mol. The minimum absolute atomic E-state index is 0.255. The molecule has 0 bridgehead atoms. The van der Waals surface area contributed by atoms with Crippen LogP contribution in [0.1, 0.15) is 44.1 Å². The van der Waals surface area contributed by atoms with Crippen molar-refractivity contribution in [2.24, 2.45) is 11.8 Å². The number of ether oxygens (including phenoxy) is 2. The van der Waals surface area contributed by atoms with Gasteiger partial charge in [0.15, 0.2) is 11.5 Å². The fourth-order valence-corrected chi connectivity index (χ4v) is 4.16. The van der Waals surface area contributed by atoms with Gasteiger partial charge in [-0.25, -0.2) is 0 Å². The number of hydrogen-bond donors (Lipinski definition) is 1. The smallest absolute Gasteiger partial charge is 0.231 e. The molecular weight excluding hydrogens is 264 g/mol. The van der Waals surface area contributed by atoms with Crippen molar-refractivity contribution in [1.82, 2.24) is 0 Å². The van der Waals surface area contributed by atoms with Gasteiger partial charge in [-0.1, -0.05) is 31.4 Å². The summed E-state index contributed by atoms with van der Waals surface area (Å²) in [5.74, 6) is 2.84. The molecule has 1 aromatic rings. The third-order valence-corrected chi connectivity index (χ3v) is 5.31. The zero-order chi connectivity index (χ0) is 14.2. The first-order chi connectivity index (χ1) is 10.3. The highest BCUT2D eigenvalue weighted by atomic mass is 16.7. The number of hydrogen-bond acceptors (Lipinski definition) is 3. The van der Waals surface area contributed by atoms with E-state index in [1.807, 2.05) is 18.2 Å². The lowest BCUT2D eigenvalue weighted by Gasteiger charge is -2.40. The average Bonchev–Trinajstić information content (AvgIpc) is 2.98. The van der Waals surface area contributed by atoms with Gasteiger partial charge in [-0.2, -0.15) is 0 Å². The summed E-state index contributed by atoms with van der Waals surface area (Å²) in [4.78, 5) is 0. The van der Waals surface area contributed by atoms with Crippen molar-refractivity contribution in [3.63, 3.8) is 0 Å². The summed E-state index contributed by atoms with van der Waals surface area (Å²) in [6, 6.07) is 6.00. The molecule has 3 unspecified atom stereocenters. The molecule has 0 spiro atoms. The first-order valence-corrected chi connectivity index (χ1v) is 8.09. The van der Waals surface area contributed by atoms with E-state index >= 15 is 0 Å². The fraction of sp³-hybridized carbons (Fsp3) is 0.556. The van der Waals surface area contributed by atoms with Crippen LogP contribution in [0.2, 0.25) is 0 Å². The number of aliphatic hydroxyl groups excluding tert-OH is 1. The van der Waals surface area contributed by atoms with Gasteiger partial charge in [0.2, 0.25) is 6.79 Å². The van der Waals surface area contributed by atoms with Crippen molar-refractivity contribution in [3.05, 3.63) is 29.3 Å². The maximum Gasteiger partial charge on any atom is 0.231 e. The minimum atomic E-state index is -0.255. The van der Waals surface area contributed by atoms with Gasteiger partial charge < -0.3 is 14.6 Å². The number of fused-ring (bicyclic) bond motifs is 2. The minimum Gasteiger partial charge on any atom is -0.454 e. The number of rotatable bonds is 1. The lowest BCUT2D eigenvalue weighted by Crippen LogP contribution is -2.36. The van der Waals surface area contributed by atoms with Gasteiger partial charge in [0.25, 0.3) is 0 Å². The summed E-state index contributed by atoms with van der Waals surface area (Å²) in [5.41, 5.74) is 2.29. The molecule has 4 rings (SSSR count). The Morgan fingerprint density at radius 2 is 1.90 bits per heavy atom. The van der Waals surface area contributed by atoms with Gasteiger partial charge in [-0.15, -0.1) is 0 Å². The van der Waals surface area contributed by atoms with E-state index in [-0.39, 0.29) is 6.10 Å². The molecule has 2 aliphatic carbocycles. The number of aliphatic hydroxyl groups is 1. The molecule has 2 saturated carbocycles. The average molecular weight is 286 g/mol. The molecular formula is C18H22O3. The Kier molecular flexibility index (Phi) is 3.38. The Bertz CT molecular complexity index is 564. The van der Waals surface area contributed by atoms with Crippen molar-refractivity contribution in [3.8, 4) is 11.5 Å². The summed E-state index contributed by atoms with van der Waals surface area (Å²) in [6.07, 6.45) is 9.26. The largest absolute Gasteiger partial charge is 0.454 e. The molecule has 0 radical (unpaired) electrons. The van der Waals surface area contributed by atoms with Gasteiger partial charge in [-0.3, -0.25) is 0 Å². The van der Waals surface area contributed by atoms with Crippen LogP contribution in [0.15, 0.2) is 23.8 Å². The fourth-order valence-electron chi connectivity index (χ4n) is 4.16. The highest BCUT2D eigenvalue weighted by molar-refractivity contribution is 5.59. The first kappa shape index (κ1) is 13.2. The van der Waals surface area contributed by atoms with Crippen molar-refractivity contribution in [1.29, 1.82) is 0 Å². The molecule has 112 valence electrons. The van der Waals surface area contributed by atoms with E-state index in [1.54, 1.807) is 0 Å². The summed E-state index contributed by atoms with van der Waals surface area (Å²) >= 11 is 0. The van der Waals surface area contributed by atoms with Crippen LogP contribution in [-0.4, -0.2) is 18.0 Å². The lowest BCUT2D eigenvalue weighted by molar-refractivity contribution is 0.0483. The van der Waals surface area contributed by atoms with Gasteiger partial charge in [0.05, 0.1) is 6.10 Å². The molecule has 0 aromatic heterocycles. The summed E-state index contributed by atoms with van der Waals surface area (Å²) < 4.78 is 10.8. The normalized spacial score (nSPS) is 33.0. The molecule has 1 aliphatic heterocycles. The van der Waals surface area contributed by atoms with Crippen LogP contribution in [0.5, 0.6) is 11.5 Å². The molecule has 1 aromatic carbocycles. The van der Waals surface area contributed by atoms with E-state index in [0.717, 1.165) is 29.4 Å². The van der Waals surface area contributed by atoms with Crippen molar-refractivity contribution in [2.45, 2.75) is 44.6 Å². The molecule has 0 amide bonds. The molecule has 2 fully saturated rings. The third-order valence-electron chi connectivity index (χ3n) is 5.31. The summed E-state index contributed by atoms with van der Waals surface area (Å²) in [7, 11) is 0. The topological polar surface area (TPSA) is 38.7 Å². The Labute approximate surface area is 125 Å². The monoisotopic (exact) mass is 286 g/mol. The van der Waals surface area contributed by atoms with Crippen molar-refractivity contribution < 1.29 is 14.6 Å². The van der Waals surface area contributed by atoms with Crippen LogP contribution < -0.4 is 9.47 Å². The first-order valence-electron chi connectivity index (χ1n) is 8.09. The van der Waals surface area contributed by atoms with Crippen LogP contribution in [0, 0.1) is 11.8 Å². The Morgan fingerprint density at radius 1 is 1.05 bits per heavy atom. The van der Waals surface area contributed by atoms with Gasteiger partial charge in [0, 0.05) is 0 Å². The zero-order valence-electron chi connectivity index (χ0n) is 12.3. The molecule has 3 heteroatoms. The predicted octanol–water partition coefficient (Wildman–Crippen LogP) is 3.76. The number of benzene rings is 1. The molecule has 0 saturated heterocycles. The second-order valence-corrected chi connectivity index (χ2v) is 6.52. The van der Waals surface area contributed by atoms with Crippen LogP contribution in [0.4, 0.5) is 0 Å². The summed E-state index contributed by atoms with van der Waals surface area (Å²) in [6.45, 7) is 0.307. The van der Waals surface area contributed by atoms with E-state index in [2.05, 4.69) is 6.08 Å². The molecule has 3 aliphatic rings. The highest BCUT2D eigenvalue weighted by Gasteiger charge is 2.36. The Hall–Kier alpha value is -1.48. The van der Waals surface area contributed by atoms with Crippen LogP contribution >= 0.6 is 0 Å². The molecule has 3 nitrogen and oxygen atoms in total. The maximum atomic E-state index is 10.7. The zero-order valence-corrected chi connectivity index (χ0v) is 12.3. The van der Waals surface area contributed by atoms with E-state index in [1.165, 1.54) is 37.7 Å². The Morgan fingerprint density at radius 3 is 2.86 bits per heavy atom. The molecule has 3 atom stereocenters. The van der Waals surface area contributed by atoms with E-state index in [4.69, 9.17) is 9.47 Å². The van der Waals surface area contributed by atoms with Crippen LogP contribution in [0.3, 0.4) is 0 Å². The maximum absolute atomic E-state index is 10.7. The van der Waals surface area contributed by atoms with Gasteiger partial charge in [0.1, 0.15) is 0 Å². The van der Waals surface area contributed by atoms with Gasteiger partial charge >= 0.3 is 0 Å². The summed E-state index contributed by atoms with van der Waals surface area (Å²) in [5, 5.41) is 10.7. The van der Waals surface area contributed by atoms with E-state index < -0.39 is 0 Å². The van der Waals surface area contributed by atoms with Crippen LogP contribution in [-0.2, 0) is 0 Å². The standard InChI is InChI=1S/C18H22O3/c19-18-14(7-6-13-3-1-2-4-15(13)18)9-12-5-8-16-17(10-12)21-11-20-16/h5,8-10,13,15,18-19H,1-4,6-7,11H2/b14-9+. The van der Waals surface area contributed by atoms with Crippen molar-refractivity contribution >= 4 is 6.08 Å². The van der Waals surface area contributed by atoms with Crippen LogP contribution in [0.25, 0.3) is 6.08 Å². The molecule has 1 heterocycles. The molecule has 1 N–H and O–H groups in total. The third kappa shape index (κ3) is 2.44. The van der Waals surface area contributed by atoms with E-state index in [0.29, 0.717) is 12.7 Å². The quantitative estimate of drug-likeness (QED) is 0.854. The van der Waals surface area contributed by atoms with E-state index in [9.17, 15) is 5.11 Å². The second-order valence-electron chi connectivity index (χ2n) is 6.52. The highest BCUT2D eigenvalue weighted by Crippen LogP contribution is 2.43. The SMILES string of the molecule is OC1/C(=C/c2ccc3c(c2)OCO3)CCC2CCCCC21. The molecule has 21 heavy (non-hydrogen) atoms. The van der Waals surface area contributed by atoms with Crippen molar-refractivity contribution in [2.75, 3.05) is 6.79 Å². The van der Waals surface area contributed by atoms with Gasteiger partial charge in [-0.05, 0) is 54.4 Å². The Balaban J connectivity index is 1.57.